The molecule has 6 heteroatoms. The monoisotopic (exact) mass is 251 g/mol. The maximum Gasteiger partial charge on any atom is 1.00 e. The van der Waals surface area contributed by atoms with Crippen LogP contribution in [0.2, 0.25) is 4.34 Å². The van der Waals surface area contributed by atoms with E-state index in [0.29, 0.717) is 0 Å². The third-order valence-electron chi connectivity index (χ3n) is 1.85. The van der Waals surface area contributed by atoms with E-state index < -0.39 is 0 Å². The maximum atomic E-state index is 6.00. The zero-order chi connectivity index (χ0) is 9.26. The highest BCUT2D eigenvalue weighted by molar-refractivity contribution is 7.15. The second-order valence-corrected chi connectivity index (χ2v) is 4.33. The van der Waals surface area contributed by atoms with Crippen LogP contribution < -0.4 is 23.0 Å². The molecule has 1 aromatic rings. The van der Waals surface area contributed by atoms with E-state index in [0.717, 1.165) is 34.6 Å². The van der Waals surface area contributed by atoms with E-state index in [-0.39, 0.29) is 13.8 Å². The highest BCUT2D eigenvalue weighted by Crippen LogP contribution is 2.32. The lowest BCUT2D eigenvalue weighted by Gasteiger charge is -2.05. The van der Waals surface area contributed by atoms with Gasteiger partial charge in [0.25, 0.3) is 0 Å². The van der Waals surface area contributed by atoms with Gasteiger partial charge in [0.15, 0.2) is 5.96 Å². The molecule has 0 saturated heterocycles. The summed E-state index contributed by atoms with van der Waals surface area (Å²) >= 11 is 7.53. The van der Waals surface area contributed by atoms with Crippen molar-refractivity contribution in [1.29, 1.82) is 0 Å². The Kier molecular flexibility index (Phi) is 4.04. The molecule has 0 amide bonds. The van der Waals surface area contributed by atoms with Crippen molar-refractivity contribution < 1.29 is 13.8 Å². The summed E-state index contributed by atoms with van der Waals surface area (Å²) in [5, 5.41) is 8.34. The summed E-state index contributed by atoms with van der Waals surface area (Å²) in [7, 11) is 0. The Hall–Kier alpha value is -0.450. The van der Waals surface area contributed by atoms with Gasteiger partial charge in [-0.2, -0.15) is 0 Å². The van der Waals surface area contributed by atoms with Crippen LogP contribution in [0, 0.1) is 6.92 Å². The molecule has 0 radical (unpaired) electrons. The highest BCUT2D eigenvalue weighted by atomic mass is 35.5. The molecular weight excluding hydrogens is 241 g/mol. The van der Waals surface area contributed by atoms with Crippen LogP contribution in [0.1, 0.15) is 6.99 Å². The van der Waals surface area contributed by atoms with Gasteiger partial charge in [-0.1, -0.05) is 11.6 Å². The second-order valence-electron chi connectivity index (χ2n) is 2.85. The van der Waals surface area contributed by atoms with Gasteiger partial charge < -0.3 is 23.0 Å². The molecule has 0 bridgehead atoms. The number of nitrogens with zero attached hydrogens (tertiary/aromatic N) is 1. The van der Waals surface area contributed by atoms with Gasteiger partial charge in [-0.3, -0.25) is 4.99 Å². The number of halogens is 2. The molecule has 2 rings (SSSR count). The number of aryl methyl sites for hydroxylation is 1. The zero-order valence-electron chi connectivity index (χ0n) is 8.60. The first-order valence-electron chi connectivity index (χ1n) is 4.06. The van der Waals surface area contributed by atoms with Crippen LogP contribution in [0.3, 0.4) is 0 Å². The SMILES string of the molecule is Cc1csc(Cl)c1NC1=NCCN1.[Cl-].[H+]. The van der Waals surface area contributed by atoms with Crippen LogP contribution in [0.15, 0.2) is 10.4 Å². The molecule has 0 atom stereocenters. The first kappa shape index (κ1) is 11.6. The van der Waals surface area contributed by atoms with E-state index in [9.17, 15) is 0 Å². The van der Waals surface area contributed by atoms with Gasteiger partial charge in [-0.05, 0) is 17.9 Å². The Morgan fingerprint density at radius 2 is 2.50 bits per heavy atom. The lowest BCUT2D eigenvalue weighted by molar-refractivity contribution is -0.00000261. The quantitative estimate of drug-likeness (QED) is 0.686. The molecule has 0 spiro atoms. The Morgan fingerprint density at radius 3 is 3.00 bits per heavy atom. The van der Waals surface area contributed by atoms with Crippen molar-refractivity contribution in [3.63, 3.8) is 0 Å². The van der Waals surface area contributed by atoms with Crippen LogP contribution in [-0.2, 0) is 0 Å². The second kappa shape index (κ2) is 4.87. The van der Waals surface area contributed by atoms with E-state index in [4.69, 9.17) is 11.6 Å². The van der Waals surface area contributed by atoms with Gasteiger partial charge in [0.2, 0.25) is 0 Å². The third-order valence-corrected chi connectivity index (χ3v) is 3.19. The van der Waals surface area contributed by atoms with Crippen molar-refractivity contribution in [2.24, 2.45) is 4.99 Å². The van der Waals surface area contributed by atoms with Gasteiger partial charge >= 0.3 is 1.43 Å². The van der Waals surface area contributed by atoms with Crippen LogP contribution >= 0.6 is 22.9 Å². The lowest BCUT2D eigenvalue weighted by atomic mass is 10.3. The summed E-state index contributed by atoms with van der Waals surface area (Å²) in [5.74, 6) is 0.823. The fourth-order valence-corrected chi connectivity index (χ4v) is 2.22. The fraction of sp³-hybridized carbons (Fsp3) is 0.375. The Balaban J connectivity index is 0.000000980. The van der Waals surface area contributed by atoms with Crippen molar-refractivity contribution in [3.05, 3.63) is 15.3 Å². The van der Waals surface area contributed by atoms with Crippen molar-refractivity contribution in [1.82, 2.24) is 5.32 Å². The molecule has 1 aromatic heterocycles. The molecule has 0 saturated carbocycles. The molecule has 78 valence electrons. The molecule has 2 N–H and O–H groups in total. The molecule has 14 heavy (non-hydrogen) atoms. The van der Waals surface area contributed by atoms with Crippen LogP contribution in [-0.4, -0.2) is 19.0 Å². The maximum absolute atomic E-state index is 6.00. The van der Waals surface area contributed by atoms with Gasteiger partial charge in [0.05, 0.1) is 12.2 Å². The van der Waals surface area contributed by atoms with Gasteiger partial charge in [-0.15, -0.1) is 11.3 Å². The average Bonchev–Trinajstić information content (AvgIpc) is 2.70. The Morgan fingerprint density at radius 1 is 1.71 bits per heavy atom. The minimum Gasteiger partial charge on any atom is -1.00 e. The number of nitrogens with one attached hydrogen (secondary N) is 2. The first-order chi connectivity index (χ1) is 6.27. The molecule has 1 aliphatic rings. The van der Waals surface area contributed by atoms with Crippen LogP contribution in [0.4, 0.5) is 5.69 Å². The van der Waals surface area contributed by atoms with Gasteiger partial charge in [-0.25, -0.2) is 0 Å². The van der Waals surface area contributed by atoms with E-state index in [2.05, 4.69) is 15.6 Å². The standard InChI is InChI=1S/C8H10ClN3S.ClH/c1-5-4-13-7(9)6(5)12-8-10-2-3-11-8;/h4H,2-3H2,1H3,(H2,10,11,12);1H. The summed E-state index contributed by atoms with van der Waals surface area (Å²) in [5.41, 5.74) is 2.13. The van der Waals surface area contributed by atoms with E-state index in [1.165, 1.54) is 11.3 Å². The summed E-state index contributed by atoms with van der Waals surface area (Å²) in [6.07, 6.45) is 0. The largest absolute Gasteiger partial charge is 1.00 e. The van der Waals surface area contributed by atoms with Crippen LogP contribution in [0.5, 0.6) is 0 Å². The van der Waals surface area contributed by atoms with Crippen molar-refractivity contribution in [2.75, 3.05) is 18.4 Å². The Bertz CT molecular complexity index is 334. The average molecular weight is 252 g/mol. The molecule has 0 unspecified atom stereocenters. The van der Waals surface area contributed by atoms with Crippen molar-refractivity contribution in [2.45, 2.75) is 6.92 Å². The molecule has 3 nitrogen and oxygen atoms in total. The molecule has 0 aliphatic carbocycles. The minimum absolute atomic E-state index is 0. The smallest absolute Gasteiger partial charge is 1.00 e. The summed E-state index contributed by atoms with van der Waals surface area (Å²) in [6.45, 7) is 3.77. The third kappa shape index (κ3) is 2.32. The van der Waals surface area contributed by atoms with Crippen LogP contribution in [0.25, 0.3) is 0 Å². The van der Waals surface area contributed by atoms with E-state index in [1.54, 1.807) is 0 Å². The lowest BCUT2D eigenvalue weighted by Crippen LogP contribution is -3.00. The predicted molar refractivity (Wildman–Crippen MR) is 59.1 cm³/mol. The van der Waals surface area contributed by atoms with Crippen molar-refractivity contribution >= 4 is 34.6 Å². The van der Waals surface area contributed by atoms with E-state index >= 15 is 0 Å². The number of thiophene rings is 1. The summed E-state index contributed by atoms with van der Waals surface area (Å²) in [6, 6.07) is 0. The number of hydrogen-bond donors (Lipinski definition) is 2. The number of anilines is 1. The van der Waals surface area contributed by atoms with E-state index in [1.807, 2.05) is 12.3 Å². The molecule has 0 aromatic carbocycles. The molecule has 2 heterocycles. The predicted octanol–water partition coefficient (Wildman–Crippen LogP) is -0.802. The fourth-order valence-electron chi connectivity index (χ4n) is 1.16. The molecule has 0 fully saturated rings. The molecule has 1 aliphatic heterocycles. The van der Waals surface area contributed by atoms with Gasteiger partial charge in [0.1, 0.15) is 4.34 Å². The summed E-state index contributed by atoms with van der Waals surface area (Å²) < 4.78 is 0.786. The minimum atomic E-state index is 0. The molecular formula is C8H11Cl2N3S. The first-order valence-corrected chi connectivity index (χ1v) is 5.32. The Labute approximate surface area is 99.5 Å². The van der Waals surface area contributed by atoms with Crippen molar-refractivity contribution in [3.8, 4) is 0 Å². The number of rotatable bonds is 1. The zero-order valence-corrected chi connectivity index (χ0v) is 9.93. The number of guanidine groups is 1. The summed E-state index contributed by atoms with van der Waals surface area (Å²) in [4.78, 5) is 4.23. The highest BCUT2D eigenvalue weighted by Gasteiger charge is 2.10. The van der Waals surface area contributed by atoms with Gasteiger partial charge in [0, 0.05) is 6.54 Å². The number of aliphatic imine (C=N–C) groups is 1. The topological polar surface area (TPSA) is 36.4 Å². The normalized spacial score (nSPS) is 14.3. The number of hydrogen-bond acceptors (Lipinski definition) is 4.